The zero-order chi connectivity index (χ0) is 10.2. The van der Waals surface area contributed by atoms with E-state index in [2.05, 4.69) is 48.9 Å². The second kappa shape index (κ2) is 7.45. The van der Waals surface area contributed by atoms with Crippen molar-refractivity contribution in [1.29, 1.82) is 0 Å². The first-order valence-electron chi connectivity index (χ1n) is 4.12. The van der Waals surface area contributed by atoms with E-state index in [4.69, 9.17) is 17.0 Å². The molecule has 0 atom stereocenters. The third-order valence-electron chi connectivity index (χ3n) is 1.77. The van der Waals surface area contributed by atoms with Crippen LogP contribution in [-0.2, 0) is 20.8 Å². The molecule has 71 valence electrons. The molecule has 14 heavy (non-hydrogen) atoms. The molecule has 1 aliphatic rings. The molecule has 1 aromatic carbocycles. The zero-order valence-electron chi connectivity index (χ0n) is 7.45. The molecule has 2 rings (SSSR count). The average molecular weight is 303 g/mol. The molecule has 0 N–H and O–H groups in total. The van der Waals surface area contributed by atoms with Crippen molar-refractivity contribution in [3.05, 3.63) is 60.5 Å². The normalized spacial score (nSPS) is 12.9. The van der Waals surface area contributed by atoms with Gasteiger partial charge < -0.3 is 0 Å². The quantitative estimate of drug-likeness (QED) is 0.728. The van der Waals surface area contributed by atoms with Gasteiger partial charge in [0, 0.05) is 6.42 Å². The van der Waals surface area contributed by atoms with Crippen molar-refractivity contribution < 1.29 is 20.8 Å². The summed E-state index contributed by atoms with van der Waals surface area (Å²) in [5.41, 5.74) is 2.59. The van der Waals surface area contributed by atoms with Gasteiger partial charge in [-0.3, -0.25) is 0 Å². The SMILES string of the molecule is [CH]1C=CC(c2ccccc2)=C1.[Cl][Zr][Cl]. The standard InChI is InChI=1S/C11H9.2ClH.Zr/c1-2-6-10(7-3-1)11-8-4-5-9-11;;;/h1-9H;2*1H;/q;;;+2/p-2. The average Bonchev–Trinajstić information content (AvgIpc) is 2.73. The van der Waals surface area contributed by atoms with Crippen LogP contribution >= 0.6 is 17.0 Å². The first-order chi connectivity index (χ1) is 6.88. The Kier molecular flexibility index (Phi) is 6.51. The molecule has 0 fully saturated rings. The van der Waals surface area contributed by atoms with Crippen LogP contribution in [0.3, 0.4) is 0 Å². The number of hydrogen-bond acceptors (Lipinski definition) is 0. The molecule has 1 aromatic rings. The molecule has 3 heteroatoms. The maximum absolute atomic E-state index is 4.93. The molecule has 0 saturated carbocycles. The van der Waals surface area contributed by atoms with Crippen LogP contribution in [0.15, 0.2) is 48.6 Å². The van der Waals surface area contributed by atoms with Crippen LogP contribution < -0.4 is 0 Å². The first-order valence-corrected chi connectivity index (χ1v) is 10.4. The van der Waals surface area contributed by atoms with Crippen molar-refractivity contribution in [3.8, 4) is 0 Å². The van der Waals surface area contributed by atoms with Crippen LogP contribution in [0, 0.1) is 6.42 Å². The Labute approximate surface area is 103 Å². The van der Waals surface area contributed by atoms with Gasteiger partial charge in [-0.15, -0.1) is 0 Å². The van der Waals surface area contributed by atoms with Crippen LogP contribution in [0.1, 0.15) is 5.56 Å². The molecule has 0 aliphatic heterocycles. The zero-order valence-corrected chi connectivity index (χ0v) is 11.4. The molecule has 0 spiro atoms. The third kappa shape index (κ3) is 4.13. The Hall–Kier alpha value is 0.163. The summed E-state index contributed by atoms with van der Waals surface area (Å²) in [6.45, 7) is 0. The van der Waals surface area contributed by atoms with Crippen LogP contribution in [0.5, 0.6) is 0 Å². The van der Waals surface area contributed by atoms with E-state index < -0.39 is 20.8 Å². The van der Waals surface area contributed by atoms with E-state index in [0.29, 0.717) is 0 Å². The second-order valence-corrected chi connectivity index (χ2v) is 6.34. The van der Waals surface area contributed by atoms with Crippen molar-refractivity contribution in [2.24, 2.45) is 0 Å². The second-order valence-electron chi connectivity index (χ2n) is 2.61. The summed E-state index contributed by atoms with van der Waals surface area (Å²) >= 11 is -0.826. The van der Waals surface area contributed by atoms with Crippen molar-refractivity contribution in [2.75, 3.05) is 0 Å². The monoisotopic (exact) mass is 301 g/mol. The first kappa shape index (κ1) is 12.2. The molecular weight excluding hydrogens is 294 g/mol. The fourth-order valence-electron chi connectivity index (χ4n) is 1.20. The number of allylic oxidation sites excluding steroid dienone is 4. The number of halogens is 2. The van der Waals surface area contributed by atoms with E-state index in [9.17, 15) is 0 Å². The van der Waals surface area contributed by atoms with Gasteiger partial charge in [-0.25, -0.2) is 0 Å². The van der Waals surface area contributed by atoms with Gasteiger partial charge in [0.25, 0.3) is 0 Å². The molecule has 0 saturated heterocycles. The fourth-order valence-corrected chi connectivity index (χ4v) is 1.20. The topological polar surface area (TPSA) is 0 Å². The van der Waals surface area contributed by atoms with Gasteiger partial charge in [-0.05, 0) is 11.1 Å². The minimum atomic E-state index is -0.826. The van der Waals surface area contributed by atoms with Gasteiger partial charge in [-0.2, -0.15) is 0 Å². The fraction of sp³-hybridized carbons (Fsp3) is 0. The van der Waals surface area contributed by atoms with Crippen LogP contribution in [0.4, 0.5) is 0 Å². The number of hydrogen-bond donors (Lipinski definition) is 0. The van der Waals surface area contributed by atoms with Gasteiger partial charge in [-0.1, -0.05) is 48.6 Å². The van der Waals surface area contributed by atoms with Gasteiger partial charge in [0.05, 0.1) is 0 Å². The summed E-state index contributed by atoms with van der Waals surface area (Å²) in [7, 11) is 9.87. The van der Waals surface area contributed by atoms with Crippen molar-refractivity contribution in [2.45, 2.75) is 0 Å². The molecule has 0 unspecified atom stereocenters. The Bertz CT molecular complexity index is 317. The van der Waals surface area contributed by atoms with Crippen molar-refractivity contribution in [3.63, 3.8) is 0 Å². The predicted octanol–water partition coefficient (Wildman–Crippen LogP) is 4.22. The Morgan fingerprint density at radius 2 is 1.64 bits per heavy atom. The molecule has 0 bridgehead atoms. The Morgan fingerprint density at radius 1 is 1.00 bits per heavy atom. The number of rotatable bonds is 1. The molecule has 1 radical (unpaired) electrons. The number of benzene rings is 1. The van der Waals surface area contributed by atoms with Gasteiger partial charge in [0.15, 0.2) is 0 Å². The molecule has 1 aliphatic carbocycles. The van der Waals surface area contributed by atoms with Gasteiger partial charge >= 0.3 is 37.9 Å². The van der Waals surface area contributed by atoms with E-state index >= 15 is 0 Å². The summed E-state index contributed by atoms with van der Waals surface area (Å²) < 4.78 is 0. The summed E-state index contributed by atoms with van der Waals surface area (Å²) in [4.78, 5) is 0. The maximum atomic E-state index is 4.93. The van der Waals surface area contributed by atoms with Gasteiger partial charge in [0.2, 0.25) is 0 Å². The van der Waals surface area contributed by atoms with Crippen molar-refractivity contribution >= 4 is 22.6 Å². The van der Waals surface area contributed by atoms with Crippen molar-refractivity contribution in [1.82, 2.24) is 0 Å². The van der Waals surface area contributed by atoms with E-state index in [1.165, 1.54) is 11.1 Å². The molecule has 0 aromatic heterocycles. The predicted molar refractivity (Wildman–Crippen MR) is 59.6 cm³/mol. The molecule has 0 amide bonds. The Balaban J connectivity index is 0.000000293. The van der Waals surface area contributed by atoms with Crippen LogP contribution in [0.2, 0.25) is 0 Å². The van der Waals surface area contributed by atoms with Crippen LogP contribution in [0.25, 0.3) is 5.57 Å². The molecular formula is C11H9Cl2Zr. The summed E-state index contributed by atoms with van der Waals surface area (Å²) in [5.74, 6) is 0. The third-order valence-corrected chi connectivity index (χ3v) is 1.77. The van der Waals surface area contributed by atoms with Gasteiger partial charge in [0.1, 0.15) is 0 Å². The molecule has 0 heterocycles. The van der Waals surface area contributed by atoms with E-state index in [-0.39, 0.29) is 0 Å². The minimum absolute atomic E-state index is 0.826. The summed E-state index contributed by atoms with van der Waals surface area (Å²) in [5, 5.41) is 0. The van der Waals surface area contributed by atoms with E-state index in [1.54, 1.807) is 0 Å². The van der Waals surface area contributed by atoms with Crippen LogP contribution in [-0.4, -0.2) is 0 Å². The summed E-state index contributed by atoms with van der Waals surface area (Å²) in [6, 6.07) is 10.4. The summed E-state index contributed by atoms with van der Waals surface area (Å²) in [6.07, 6.45) is 8.36. The van der Waals surface area contributed by atoms with E-state index in [1.807, 2.05) is 6.07 Å². The Morgan fingerprint density at radius 3 is 2.14 bits per heavy atom. The van der Waals surface area contributed by atoms with E-state index in [0.717, 1.165) is 0 Å². The molecule has 0 nitrogen and oxygen atoms in total.